The Morgan fingerprint density at radius 2 is 2.00 bits per heavy atom. The second-order valence-electron chi connectivity index (χ2n) is 4.42. The summed E-state index contributed by atoms with van der Waals surface area (Å²) in [4.78, 5) is 0. The molecule has 1 saturated heterocycles. The predicted octanol–water partition coefficient (Wildman–Crippen LogP) is 1.09. The van der Waals surface area contributed by atoms with E-state index >= 15 is 0 Å². The molecule has 0 spiro atoms. The molecule has 1 aromatic rings. The Kier molecular flexibility index (Phi) is 3.13. The molecule has 2 rings (SSSR count). The van der Waals surface area contributed by atoms with Gasteiger partial charge >= 0.3 is 6.18 Å². The summed E-state index contributed by atoms with van der Waals surface area (Å²) in [5.74, 6) is 0. The highest BCUT2D eigenvalue weighted by Crippen LogP contribution is 2.33. The standard InChI is InChI=1S/C10H14F3N3O/c11-10(12,13)8-7(6-15-16-8)5-9(17)1-3-14-4-2-9/h6,14,17H,1-5H2,(H,15,16). The summed E-state index contributed by atoms with van der Waals surface area (Å²) in [6, 6.07) is 0. The number of H-pyrrole nitrogens is 1. The highest BCUT2D eigenvalue weighted by molar-refractivity contribution is 5.21. The number of nitrogens with zero attached hydrogens (tertiary/aromatic N) is 1. The van der Waals surface area contributed by atoms with Crippen LogP contribution in [-0.2, 0) is 12.6 Å². The number of hydrogen-bond donors (Lipinski definition) is 3. The third kappa shape index (κ3) is 2.78. The summed E-state index contributed by atoms with van der Waals surface area (Å²) in [5, 5.41) is 18.6. The summed E-state index contributed by atoms with van der Waals surface area (Å²) in [6.45, 7) is 1.24. The summed E-state index contributed by atoms with van der Waals surface area (Å²) in [6.07, 6.45) is -2.41. The summed E-state index contributed by atoms with van der Waals surface area (Å²) >= 11 is 0. The van der Waals surface area contributed by atoms with E-state index < -0.39 is 17.5 Å². The van der Waals surface area contributed by atoms with Crippen LogP contribution in [0.4, 0.5) is 13.2 Å². The third-order valence-corrected chi connectivity index (χ3v) is 3.06. The molecule has 4 nitrogen and oxygen atoms in total. The molecule has 1 fully saturated rings. The number of aromatic nitrogens is 2. The van der Waals surface area contributed by atoms with Crippen LogP contribution in [0.25, 0.3) is 0 Å². The van der Waals surface area contributed by atoms with E-state index in [0.29, 0.717) is 25.9 Å². The van der Waals surface area contributed by atoms with E-state index in [2.05, 4.69) is 10.4 Å². The van der Waals surface area contributed by atoms with Gasteiger partial charge in [0.05, 0.1) is 11.8 Å². The lowest BCUT2D eigenvalue weighted by Crippen LogP contribution is -2.43. The molecule has 0 unspecified atom stereocenters. The summed E-state index contributed by atoms with van der Waals surface area (Å²) in [5.41, 5.74) is -1.89. The van der Waals surface area contributed by atoms with E-state index in [1.54, 1.807) is 0 Å². The fraction of sp³-hybridized carbons (Fsp3) is 0.700. The number of piperidine rings is 1. The lowest BCUT2D eigenvalue weighted by Gasteiger charge is -2.32. The SMILES string of the molecule is OC1(Cc2cn[nH]c2C(F)(F)F)CCNCC1. The highest BCUT2D eigenvalue weighted by atomic mass is 19.4. The number of alkyl halides is 3. The van der Waals surface area contributed by atoms with Gasteiger partial charge < -0.3 is 10.4 Å². The summed E-state index contributed by atoms with van der Waals surface area (Å²) in [7, 11) is 0. The van der Waals surface area contributed by atoms with Crippen LogP contribution in [0.15, 0.2) is 6.20 Å². The van der Waals surface area contributed by atoms with E-state index in [9.17, 15) is 18.3 Å². The van der Waals surface area contributed by atoms with Gasteiger partial charge in [0.15, 0.2) is 0 Å². The average Bonchev–Trinajstić information content (AvgIpc) is 2.65. The van der Waals surface area contributed by atoms with Gasteiger partial charge in [-0.1, -0.05) is 0 Å². The quantitative estimate of drug-likeness (QED) is 0.735. The first kappa shape index (κ1) is 12.4. The van der Waals surface area contributed by atoms with Gasteiger partial charge in [0.25, 0.3) is 0 Å². The Hall–Kier alpha value is -1.08. The molecule has 2 heterocycles. The van der Waals surface area contributed by atoms with Gasteiger partial charge in [-0.25, -0.2) is 0 Å². The van der Waals surface area contributed by atoms with E-state index in [4.69, 9.17) is 0 Å². The molecular weight excluding hydrogens is 235 g/mol. The number of halogens is 3. The second kappa shape index (κ2) is 4.30. The van der Waals surface area contributed by atoms with Gasteiger partial charge in [0.2, 0.25) is 0 Å². The van der Waals surface area contributed by atoms with Crippen molar-refractivity contribution in [3.8, 4) is 0 Å². The summed E-state index contributed by atoms with van der Waals surface area (Å²) < 4.78 is 37.8. The Morgan fingerprint density at radius 1 is 1.35 bits per heavy atom. The van der Waals surface area contributed by atoms with Crippen LogP contribution in [0.3, 0.4) is 0 Å². The molecule has 0 aromatic carbocycles. The molecule has 3 N–H and O–H groups in total. The number of aromatic amines is 1. The molecule has 7 heteroatoms. The van der Waals surface area contributed by atoms with Crippen LogP contribution in [0.1, 0.15) is 24.1 Å². The van der Waals surface area contributed by atoms with Crippen molar-refractivity contribution in [2.75, 3.05) is 13.1 Å². The molecule has 96 valence electrons. The topological polar surface area (TPSA) is 60.9 Å². The molecule has 0 aliphatic carbocycles. The van der Waals surface area contributed by atoms with E-state index in [0.717, 1.165) is 6.20 Å². The van der Waals surface area contributed by atoms with E-state index in [1.165, 1.54) is 0 Å². The third-order valence-electron chi connectivity index (χ3n) is 3.06. The maximum Gasteiger partial charge on any atom is 0.433 e. The first-order chi connectivity index (χ1) is 7.91. The van der Waals surface area contributed by atoms with Crippen LogP contribution in [0.2, 0.25) is 0 Å². The highest BCUT2D eigenvalue weighted by Gasteiger charge is 2.38. The molecule has 0 bridgehead atoms. The van der Waals surface area contributed by atoms with Crippen molar-refractivity contribution in [1.29, 1.82) is 0 Å². The molecule has 0 amide bonds. The number of hydrogen-bond acceptors (Lipinski definition) is 3. The van der Waals surface area contributed by atoms with E-state index in [-0.39, 0.29) is 12.0 Å². The zero-order valence-corrected chi connectivity index (χ0v) is 9.14. The first-order valence-corrected chi connectivity index (χ1v) is 5.43. The molecule has 0 saturated carbocycles. The van der Waals surface area contributed by atoms with Gasteiger partial charge in [-0.15, -0.1) is 0 Å². The average molecular weight is 249 g/mol. The van der Waals surface area contributed by atoms with Crippen LogP contribution in [0.5, 0.6) is 0 Å². The van der Waals surface area contributed by atoms with Crippen LogP contribution < -0.4 is 5.32 Å². The maximum atomic E-state index is 12.6. The minimum absolute atomic E-state index is 0.0139. The maximum absolute atomic E-state index is 12.6. The minimum Gasteiger partial charge on any atom is -0.389 e. The van der Waals surface area contributed by atoms with Gasteiger partial charge in [-0.3, -0.25) is 5.10 Å². The van der Waals surface area contributed by atoms with Crippen molar-refractivity contribution in [3.05, 3.63) is 17.5 Å². The molecule has 17 heavy (non-hydrogen) atoms. The molecular formula is C10H14F3N3O. The van der Waals surface area contributed by atoms with Crippen molar-refractivity contribution >= 4 is 0 Å². The molecule has 0 radical (unpaired) electrons. The van der Waals surface area contributed by atoms with Gasteiger partial charge in [-0.2, -0.15) is 18.3 Å². The Bertz CT molecular complexity index is 382. The van der Waals surface area contributed by atoms with Crippen molar-refractivity contribution < 1.29 is 18.3 Å². The van der Waals surface area contributed by atoms with Gasteiger partial charge in [-0.05, 0) is 25.9 Å². The minimum atomic E-state index is -4.45. The van der Waals surface area contributed by atoms with Crippen molar-refractivity contribution in [2.45, 2.75) is 31.0 Å². The van der Waals surface area contributed by atoms with Crippen molar-refractivity contribution in [3.63, 3.8) is 0 Å². The van der Waals surface area contributed by atoms with Gasteiger partial charge in [0.1, 0.15) is 5.69 Å². The zero-order valence-electron chi connectivity index (χ0n) is 9.14. The molecule has 1 aromatic heterocycles. The Balaban J connectivity index is 2.16. The number of nitrogens with one attached hydrogen (secondary N) is 2. The van der Waals surface area contributed by atoms with Crippen LogP contribution in [0, 0.1) is 0 Å². The lowest BCUT2D eigenvalue weighted by molar-refractivity contribution is -0.142. The Labute approximate surface area is 96.2 Å². The molecule has 1 aliphatic heterocycles. The molecule has 1 aliphatic rings. The van der Waals surface area contributed by atoms with Crippen LogP contribution in [-0.4, -0.2) is 34.0 Å². The fourth-order valence-corrected chi connectivity index (χ4v) is 2.11. The van der Waals surface area contributed by atoms with E-state index in [1.807, 2.05) is 5.10 Å². The van der Waals surface area contributed by atoms with Crippen LogP contribution >= 0.6 is 0 Å². The van der Waals surface area contributed by atoms with Crippen molar-refractivity contribution in [1.82, 2.24) is 15.5 Å². The van der Waals surface area contributed by atoms with Crippen molar-refractivity contribution in [2.24, 2.45) is 0 Å². The first-order valence-electron chi connectivity index (χ1n) is 5.43. The van der Waals surface area contributed by atoms with Gasteiger partial charge in [0, 0.05) is 12.0 Å². The lowest BCUT2D eigenvalue weighted by atomic mass is 9.86. The largest absolute Gasteiger partial charge is 0.433 e. The number of rotatable bonds is 2. The fourth-order valence-electron chi connectivity index (χ4n) is 2.11. The predicted molar refractivity (Wildman–Crippen MR) is 54.3 cm³/mol. The second-order valence-corrected chi connectivity index (χ2v) is 4.42. The number of aliphatic hydroxyl groups is 1. The molecule has 0 atom stereocenters. The smallest absolute Gasteiger partial charge is 0.389 e. The zero-order chi connectivity index (χ0) is 12.5. The monoisotopic (exact) mass is 249 g/mol. The normalized spacial score (nSPS) is 20.5. The Morgan fingerprint density at radius 3 is 2.59 bits per heavy atom.